The number of carbonyl (C=O) groups excluding carboxylic acids is 1. The Morgan fingerprint density at radius 1 is 1.47 bits per heavy atom. The molecule has 2 unspecified atom stereocenters. The van der Waals surface area contributed by atoms with E-state index < -0.39 is 0 Å². The van der Waals surface area contributed by atoms with Gasteiger partial charge >= 0.3 is 0 Å². The molecule has 0 aromatic heterocycles. The highest BCUT2D eigenvalue weighted by Crippen LogP contribution is 2.40. The van der Waals surface area contributed by atoms with Crippen LogP contribution >= 0.6 is 15.9 Å². The summed E-state index contributed by atoms with van der Waals surface area (Å²) < 4.78 is 1.07. The molecule has 1 amide bonds. The lowest BCUT2D eigenvalue weighted by molar-refractivity contribution is -0.117. The number of nitrogens with zero attached hydrogens (tertiary/aromatic N) is 1. The highest BCUT2D eigenvalue weighted by atomic mass is 79.9. The Morgan fingerprint density at radius 3 is 2.89 bits per heavy atom. The van der Waals surface area contributed by atoms with E-state index in [9.17, 15) is 4.79 Å². The molecule has 2 N–H and O–H groups in total. The van der Waals surface area contributed by atoms with Crippen molar-refractivity contribution in [1.82, 2.24) is 5.32 Å². The molecular weight excluding hydrogens is 306 g/mol. The van der Waals surface area contributed by atoms with Gasteiger partial charge < -0.3 is 15.5 Å². The van der Waals surface area contributed by atoms with E-state index in [-0.39, 0.29) is 11.9 Å². The number of fused-ring (bicyclic) bond motifs is 1. The predicted octanol–water partition coefficient (Wildman–Crippen LogP) is 2.65. The molecule has 0 saturated carbocycles. The van der Waals surface area contributed by atoms with Gasteiger partial charge in [0.25, 0.3) is 0 Å². The van der Waals surface area contributed by atoms with Crippen LogP contribution in [-0.4, -0.2) is 25.5 Å². The number of carbonyl (C=O) groups is 1. The van der Waals surface area contributed by atoms with Gasteiger partial charge in [-0.1, -0.05) is 0 Å². The Kier molecular flexibility index (Phi) is 3.27. The van der Waals surface area contributed by atoms with Crippen LogP contribution in [0, 0.1) is 0 Å². The maximum absolute atomic E-state index is 11.9. The molecule has 0 spiro atoms. The second kappa shape index (κ2) is 4.80. The van der Waals surface area contributed by atoms with Gasteiger partial charge in [-0.2, -0.15) is 0 Å². The Hall–Kier alpha value is -1.07. The van der Waals surface area contributed by atoms with Gasteiger partial charge in [0.15, 0.2) is 0 Å². The second-order valence-electron chi connectivity index (χ2n) is 5.29. The van der Waals surface area contributed by atoms with E-state index >= 15 is 0 Å². The third-order valence-electron chi connectivity index (χ3n) is 4.10. The van der Waals surface area contributed by atoms with Crippen LogP contribution in [0.5, 0.6) is 0 Å². The molecule has 0 aliphatic carbocycles. The molecule has 3 rings (SSSR count). The molecule has 5 heteroatoms. The number of halogens is 1. The van der Waals surface area contributed by atoms with Gasteiger partial charge in [0.2, 0.25) is 5.91 Å². The molecule has 19 heavy (non-hydrogen) atoms. The SMILES string of the molecule is CNC1C(=O)Nc2cc(N3CCCC3C)c(Br)cc21. The van der Waals surface area contributed by atoms with Crippen molar-refractivity contribution in [3.8, 4) is 0 Å². The number of anilines is 2. The van der Waals surface area contributed by atoms with Gasteiger partial charge in [0.1, 0.15) is 6.04 Å². The van der Waals surface area contributed by atoms with Crippen molar-refractivity contribution in [2.45, 2.75) is 31.8 Å². The first kappa shape index (κ1) is 12.9. The number of hydrogen-bond acceptors (Lipinski definition) is 3. The number of benzene rings is 1. The summed E-state index contributed by atoms with van der Waals surface area (Å²) in [6.07, 6.45) is 2.46. The molecule has 2 atom stereocenters. The van der Waals surface area contributed by atoms with E-state index in [1.165, 1.54) is 18.5 Å². The monoisotopic (exact) mass is 323 g/mol. The highest BCUT2D eigenvalue weighted by molar-refractivity contribution is 9.10. The van der Waals surface area contributed by atoms with Gasteiger partial charge in [-0.05, 0) is 54.9 Å². The van der Waals surface area contributed by atoms with Crippen LogP contribution in [-0.2, 0) is 4.79 Å². The molecule has 102 valence electrons. The van der Waals surface area contributed by atoms with E-state index in [2.05, 4.69) is 50.5 Å². The number of likely N-dealkylation sites (N-methyl/N-ethyl adjacent to an activating group) is 1. The predicted molar refractivity (Wildman–Crippen MR) is 80.6 cm³/mol. The molecule has 2 aliphatic heterocycles. The van der Waals surface area contributed by atoms with Crippen LogP contribution in [0.15, 0.2) is 16.6 Å². The first-order valence-electron chi connectivity index (χ1n) is 6.70. The Bertz CT molecular complexity index is 532. The molecule has 1 saturated heterocycles. The fraction of sp³-hybridized carbons (Fsp3) is 0.500. The number of amides is 1. The lowest BCUT2D eigenvalue weighted by atomic mass is 10.1. The second-order valence-corrected chi connectivity index (χ2v) is 6.14. The van der Waals surface area contributed by atoms with Crippen molar-refractivity contribution < 1.29 is 4.79 Å². The summed E-state index contributed by atoms with van der Waals surface area (Å²) in [5.74, 6) is 0.0241. The van der Waals surface area contributed by atoms with Crippen LogP contribution in [0.4, 0.5) is 11.4 Å². The quantitative estimate of drug-likeness (QED) is 0.879. The van der Waals surface area contributed by atoms with Gasteiger partial charge in [0.05, 0.1) is 5.69 Å². The maximum Gasteiger partial charge on any atom is 0.246 e. The van der Waals surface area contributed by atoms with Gasteiger partial charge in [0, 0.05) is 28.3 Å². The fourth-order valence-electron chi connectivity index (χ4n) is 3.07. The molecular formula is C14H18BrN3O. The summed E-state index contributed by atoms with van der Waals surface area (Å²) in [5, 5.41) is 6.00. The lowest BCUT2D eigenvalue weighted by Crippen LogP contribution is -2.26. The zero-order valence-corrected chi connectivity index (χ0v) is 12.8. The first-order valence-corrected chi connectivity index (χ1v) is 7.49. The molecule has 1 aromatic rings. The molecule has 2 heterocycles. The van der Waals surface area contributed by atoms with Crippen LogP contribution in [0.1, 0.15) is 31.4 Å². The Morgan fingerprint density at radius 2 is 2.26 bits per heavy atom. The van der Waals surface area contributed by atoms with Crippen molar-refractivity contribution in [2.24, 2.45) is 0 Å². The van der Waals surface area contributed by atoms with Crippen molar-refractivity contribution in [3.05, 3.63) is 22.2 Å². The molecule has 1 fully saturated rings. The maximum atomic E-state index is 11.9. The third kappa shape index (κ3) is 2.05. The lowest BCUT2D eigenvalue weighted by Gasteiger charge is -2.25. The molecule has 0 radical (unpaired) electrons. The number of hydrogen-bond donors (Lipinski definition) is 2. The highest BCUT2D eigenvalue weighted by Gasteiger charge is 2.31. The van der Waals surface area contributed by atoms with Crippen LogP contribution in [0.3, 0.4) is 0 Å². The third-order valence-corrected chi connectivity index (χ3v) is 4.74. The van der Waals surface area contributed by atoms with Crippen LogP contribution in [0.25, 0.3) is 0 Å². The smallest absolute Gasteiger partial charge is 0.246 e. The van der Waals surface area contributed by atoms with E-state index in [0.717, 1.165) is 22.3 Å². The zero-order valence-electron chi connectivity index (χ0n) is 11.2. The van der Waals surface area contributed by atoms with Crippen molar-refractivity contribution >= 4 is 33.2 Å². The average molecular weight is 324 g/mol. The molecule has 0 bridgehead atoms. The summed E-state index contributed by atoms with van der Waals surface area (Å²) in [7, 11) is 1.81. The van der Waals surface area contributed by atoms with Crippen LogP contribution < -0.4 is 15.5 Å². The summed E-state index contributed by atoms with van der Waals surface area (Å²) in [5.41, 5.74) is 3.14. The zero-order chi connectivity index (χ0) is 13.6. The number of rotatable bonds is 2. The summed E-state index contributed by atoms with van der Waals surface area (Å²) >= 11 is 3.66. The molecule has 2 aliphatic rings. The standard InChI is InChI=1S/C14H18BrN3O/c1-8-4-3-5-18(8)12-7-11-9(6-10(12)15)13(16-2)14(19)17-11/h6-8,13,16H,3-5H2,1-2H3,(H,17,19). The average Bonchev–Trinajstić information content (AvgIpc) is 2.91. The topological polar surface area (TPSA) is 44.4 Å². The van der Waals surface area contributed by atoms with E-state index in [1.807, 2.05) is 7.05 Å². The molecule has 1 aromatic carbocycles. The van der Waals surface area contributed by atoms with E-state index in [1.54, 1.807) is 0 Å². The van der Waals surface area contributed by atoms with E-state index in [0.29, 0.717) is 6.04 Å². The Labute approximate surface area is 121 Å². The summed E-state index contributed by atoms with van der Waals surface area (Å²) in [4.78, 5) is 14.3. The van der Waals surface area contributed by atoms with Crippen molar-refractivity contribution in [1.29, 1.82) is 0 Å². The van der Waals surface area contributed by atoms with Crippen molar-refractivity contribution in [3.63, 3.8) is 0 Å². The normalized spacial score (nSPS) is 25.6. The van der Waals surface area contributed by atoms with E-state index in [4.69, 9.17) is 0 Å². The fourth-order valence-corrected chi connectivity index (χ4v) is 3.66. The van der Waals surface area contributed by atoms with Gasteiger partial charge in [-0.3, -0.25) is 4.79 Å². The minimum atomic E-state index is -0.239. The Balaban J connectivity index is 2.02. The number of nitrogens with one attached hydrogen (secondary N) is 2. The summed E-state index contributed by atoms with van der Waals surface area (Å²) in [6, 6.07) is 4.48. The van der Waals surface area contributed by atoms with Crippen molar-refractivity contribution in [2.75, 3.05) is 23.8 Å². The minimum Gasteiger partial charge on any atom is -0.368 e. The summed E-state index contributed by atoms with van der Waals surface area (Å²) in [6.45, 7) is 3.34. The van der Waals surface area contributed by atoms with Crippen LogP contribution in [0.2, 0.25) is 0 Å². The van der Waals surface area contributed by atoms with Gasteiger partial charge in [-0.25, -0.2) is 0 Å². The minimum absolute atomic E-state index is 0.0241. The molecule has 4 nitrogen and oxygen atoms in total. The van der Waals surface area contributed by atoms with Gasteiger partial charge in [-0.15, -0.1) is 0 Å². The largest absolute Gasteiger partial charge is 0.368 e. The first-order chi connectivity index (χ1) is 9.11.